The molecule has 0 spiro atoms. The number of thioether (sulfide) groups is 1. The molecule has 4 rings (SSSR count). The second-order valence-electron chi connectivity index (χ2n) is 5.51. The Balaban J connectivity index is 1.50. The van der Waals surface area contributed by atoms with Crippen molar-refractivity contribution in [3.8, 4) is 0 Å². The molecule has 0 radical (unpaired) electrons. The first-order valence-corrected chi connectivity index (χ1v) is 9.37. The topological polar surface area (TPSA) is 59.3 Å². The molecule has 0 aliphatic heterocycles. The second-order valence-corrected chi connectivity index (χ2v) is 7.42. The number of amides is 1. The maximum Gasteiger partial charge on any atom is 0.234 e. The Morgan fingerprint density at radius 1 is 1.32 bits per heavy atom. The molecule has 0 fully saturated rings. The summed E-state index contributed by atoms with van der Waals surface area (Å²) in [4.78, 5) is 12.1. The summed E-state index contributed by atoms with van der Waals surface area (Å²) in [7, 11) is 0. The Hall–Kier alpha value is -2.45. The number of hydrogen-bond acceptors (Lipinski definition) is 5. The number of nitrogens with one attached hydrogen (secondary N) is 1. The van der Waals surface area contributed by atoms with Crippen molar-refractivity contribution in [2.45, 2.75) is 11.9 Å². The van der Waals surface area contributed by atoms with Gasteiger partial charge in [-0.15, -0.1) is 21.5 Å². The van der Waals surface area contributed by atoms with E-state index in [-0.39, 0.29) is 17.5 Å². The highest BCUT2D eigenvalue weighted by Crippen LogP contribution is 2.29. The van der Waals surface area contributed by atoms with Gasteiger partial charge in [0, 0.05) is 5.69 Å². The van der Waals surface area contributed by atoms with Gasteiger partial charge in [-0.3, -0.25) is 9.20 Å². The third-order valence-corrected chi connectivity index (χ3v) is 5.61. The van der Waals surface area contributed by atoms with Crippen LogP contribution < -0.4 is 5.32 Å². The minimum Gasteiger partial charge on any atom is -0.325 e. The number of fused-ring (bicyclic) bond motifs is 3. The molecule has 0 unspecified atom stereocenters. The van der Waals surface area contributed by atoms with E-state index in [0.717, 1.165) is 15.7 Å². The molecule has 1 amide bonds. The summed E-state index contributed by atoms with van der Waals surface area (Å²) in [6.45, 7) is 1.68. The van der Waals surface area contributed by atoms with Crippen molar-refractivity contribution in [3.63, 3.8) is 0 Å². The van der Waals surface area contributed by atoms with Crippen molar-refractivity contribution < 1.29 is 9.18 Å². The number of carbonyl (C=O) groups excluding carboxylic acids is 1. The zero-order valence-corrected chi connectivity index (χ0v) is 14.8. The molecule has 25 heavy (non-hydrogen) atoms. The number of hydrogen-bond donors (Lipinski definition) is 1. The van der Waals surface area contributed by atoms with Crippen molar-refractivity contribution in [1.82, 2.24) is 14.6 Å². The Kier molecular flexibility index (Phi) is 4.14. The van der Waals surface area contributed by atoms with Gasteiger partial charge in [0.05, 0.1) is 21.5 Å². The molecule has 1 N–H and O–H groups in total. The van der Waals surface area contributed by atoms with Gasteiger partial charge in [-0.25, -0.2) is 4.39 Å². The normalized spacial score (nSPS) is 11.3. The zero-order valence-electron chi connectivity index (χ0n) is 13.2. The summed E-state index contributed by atoms with van der Waals surface area (Å²) < 4.78 is 16.7. The Bertz CT molecular complexity index is 1090. The predicted molar refractivity (Wildman–Crippen MR) is 98.9 cm³/mol. The maximum atomic E-state index is 13.5. The predicted octanol–water partition coefficient (Wildman–Crippen LogP) is 4.12. The molecular weight excluding hydrogens is 359 g/mol. The molecule has 4 aromatic rings. The van der Waals surface area contributed by atoms with Crippen LogP contribution in [0.25, 0.3) is 15.7 Å². The molecule has 8 heteroatoms. The number of aromatic nitrogens is 3. The summed E-state index contributed by atoms with van der Waals surface area (Å²) in [5.74, 6) is -0.386. The lowest BCUT2D eigenvalue weighted by Gasteiger charge is -2.06. The first kappa shape index (κ1) is 16.0. The van der Waals surface area contributed by atoms with E-state index in [1.807, 2.05) is 21.9 Å². The Labute approximate surface area is 150 Å². The summed E-state index contributed by atoms with van der Waals surface area (Å²) in [5.41, 5.74) is 3.00. The molecule has 3 heterocycles. The maximum absolute atomic E-state index is 13.5. The van der Waals surface area contributed by atoms with E-state index in [2.05, 4.69) is 15.5 Å². The monoisotopic (exact) mass is 372 g/mol. The van der Waals surface area contributed by atoms with E-state index in [9.17, 15) is 9.18 Å². The minimum absolute atomic E-state index is 0.169. The van der Waals surface area contributed by atoms with E-state index >= 15 is 0 Å². The van der Waals surface area contributed by atoms with E-state index < -0.39 is 0 Å². The highest BCUT2D eigenvalue weighted by atomic mass is 32.2. The Morgan fingerprint density at radius 2 is 2.20 bits per heavy atom. The quantitative estimate of drug-likeness (QED) is 0.548. The highest BCUT2D eigenvalue weighted by molar-refractivity contribution is 8.00. The van der Waals surface area contributed by atoms with Crippen molar-refractivity contribution in [3.05, 3.63) is 53.4 Å². The van der Waals surface area contributed by atoms with Crippen LogP contribution in [0.15, 0.2) is 47.1 Å². The number of thiophene rings is 1. The van der Waals surface area contributed by atoms with Gasteiger partial charge >= 0.3 is 0 Å². The molecule has 0 saturated carbocycles. The van der Waals surface area contributed by atoms with Crippen molar-refractivity contribution >= 4 is 50.4 Å². The first-order chi connectivity index (χ1) is 12.1. The van der Waals surface area contributed by atoms with Gasteiger partial charge in [0.2, 0.25) is 5.91 Å². The molecule has 5 nitrogen and oxygen atoms in total. The van der Waals surface area contributed by atoms with Gasteiger partial charge < -0.3 is 5.32 Å². The number of nitrogens with zero attached hydrogens (tertiary/aromatic N) is 3. The fourth-order valence-corrected chi connectivity index (χ4v) is 4.08. The van der Waals surface area contributed by atoms with Crippen LogP contribution in [0, 0.1) is 12.7 Å². The molecule has 1 aromatic carbocycles. The van der Waals surface area contributed by atoms with Crippen LogP contribution in [0.4, 0.5) is 10.1 Å². The SMILES string of the molecule is Cc1ccc(NC(=O)CSc2nncn3c2cc2sccc23)cc1F. The van der Waals surface area contributed by atoms with Crippen LogP contribution in [0.5, 0.6) is 0 Å². The van der Waals surface area contributed by atoms with E-state index in [1.165, 1.54) is 17.8 Å². The molecule has 126 valence electrons. The number of halogens is 1. The molecular formula is C17H13FN4OS2. The average Bonchev–Trinajstić information content (AvgIpc) is 3.18. The standard InChI is InChI=1S/C17H13FN4OS2/c1-10-2-3-11(6-12(10)18)20-16(23)8-25-17-14-7-15-13(4-5-24-15)22(14)9-19-21-17/h2-7,9H,8H2,1H3,(H,20,23). The van der Waals surface area contributed by atoms with E-state index in [1.54, 1.807) is 36.7 Å². The summed E-state index contributed by atoms with van der Waals surface area (Å²) in [6.07, 6.45) is 1.67. The summed E-state index contributed by atoms with van der Waals surface area (Å²) in [5, 5.41) is 13.6. The van der Waals surface area contributed by atoms with E-state index in [4.69, 9.17) is 0 Å². The minimum atomic E-state index is -0.339. The smallest absolute Gasteiger partial charge is 0.234 e. The molecule has 0 saturated heterocycles. The third-order valence-electron chi connectivity index (χ3n) is 3.79. The first-order valence-electron chi connectivity index (χ1n) is 7.50. The number of rotatable bonds is 4. The molecule has 0 atom stereocenters. The van der Waals surface area contributed by atoms with Crippen molar-refractivity contribution in [2.75, 3.05) is 11.1 Å². The van der Waals surface area contributed by atoms with Gasteiger partial charge in [0.25, 0.3) is 0 Å². The molecule has 0 aliphatic rings. The molecule has 0 bridgehead atoms. The Morgan fingerprint density at radius 3 is 3.04 bits per heavy atom. The van der Waals surface area contributed by atoms with Crippen LogP contribution in [-0.4, -0.2) is 26.3 Å². The highest BCUT2D eigenvalue weighted by Gasteiger charge is 2.12. The number of anilines is 1. The fourth-order valence-electron chi connectivity index (χ4n) is 2.52. The second kappa shape index (κ2) is 6.45. The van der Waals surface area contributed by atoms with Crippen LogP contribution in [0.1, 0.15) is 5.56 Å². The lowest BCUT2D eigenvalue weighted by Crippen LogP contribution is -2.14. The van der Waals surface area contributed by atoms with Crippen molar-refractivity contribution in [1.29, 1.82) is 0 Å². The molecule has 0 aliphatic carbocycles. The zero-order chi connectivity index (χ0) is 17.4. The number of carbonyl (C=O) groups is 1. The van der Waals surface area contributed by atoms with Crippen molar-refractivity contribution in [2.24, 2.45) is 0 Å². The molecule has 3 aromatic heterocycles. The lowest BCUT2D eigenvalue weighted by atomic mass is 10.2. The van der Waals surface area contributed by atoms with Crippen LogP contribution in [0.2, 0.25) is 0 Å². The number of aryl methyl sites for hydroxylation is 1. The average molecular weight is 372 g/mol. The lowest BCUT2D eigenvalue weighted by molar-refractivity contribution is -0.113. The third kappa shape index (κ3) is 3.10. The van der Waals surface area contributed by atoms with E-state index in [0.29, 0.717) is 16.3 Å². The van der Waals surface area contributed by atoms with Gasteiger partial charge in [-0.2, -0.15) is 0 Å². The van der Waals surface area contributed by atoms with Gasteiger partial charge in [-0.05, 0) is 42.1 Å². The summed E-state index contributed by atoms with van der Waals surface area (Å²) in [6, 6.07) is 8.71. The van der Waals surface area contributed by atoms with Gasteiger partial charge in [0.1, 0.15) is 17.2 Å². The van der Waals surface area contributed by atoms with Gasteiger partial charge in [-0.1, -0.05) is 17.8 Å². The van der Waals surface area contributed by atoms with Crippen LogP contribution in [-0.2, 0) is 4.79 Å². The fraction of sp³-hybridized carbons (Fsp3) is 0.118. The summed E-state index contributed by atoms with van der Waals surface area (Å²) >= 11 is 2.96. The van der Waals surface area contributed by atoms with Gasteiger partial charge in [0.15, 0.2) is 0 Å². The largest absolute Gasteiger partial charge is 0.325 e. The number of benzene rings is 1. The van der Waals surface area contributed by atoms with Crippen LogP contribution in [0.3, 0.4) is 0 Å². The van der Waals surface area contributed by atoms with Crippen LogP contribution >= 0.6 is 23.1 Å².